The predicted molar refractivity (Wildman–Crippen MR) is 64.3 cm³/mol. The van der Waals surface area contributed by atoms with E-state index >= 15 is 0 Å². The third-order valence-electron chi connectivity index (χ3n) is 2.69. The highest BCUT2D eigenvalue weighted by Gasteiger charge is 2.34. The molecular weight excluding hydrogens is 257 g/mol. The third kappa shape index (κ3) is 2.96. The van der Waals surface area contributed by atoms with Crippen LogP contribution < -0.4 is 5.32 Å². The number of rotatable bonds is 4. The zero-order valence-electron chi connectivity index (χ0n) is 10.3. The fourth-order valence-corrected chi connectivity index (χ4v) is 1.80. The molecule has 0 bridgehead atoms. The van der Waals surface area contributed by atoms with Gasteiger partial charge in [-0.25, -0.2) is 0 Å². The number of nitrogens with one attached hydrogen (secondary N) is 1. The quantitative estimate of drug-likeness (QED) is 0.924. The number of aromatic nitrogens is 1. The topological polar surface area (TPSA) is 38.1 Å². The van der Waals surface area contributed by atoms with Gasteiger partial charge in [0.15, 0.2) is 5.76 Å². The van der Waals surface area contributed by atoms with Crippen LogP contribution in [0.3, 0.4) is 0 Å². The molecule has 0 unspecified atom stereocenters. The average Bonchev–Trinajstić information content (AvgIpc) is 2.83. The van der Waals surface area contributed by atoms with Crippen LogP contribution in [0.4, 0.5) is 13.2 Å². The summed E-state index contributed by atoms with van der Waals surface area (Å²) in [6.45, 7) is 3.05. The Morgan fingerprint density at radius 2 is 2.00 bits per heavy atom. The summed E-state index contributed by atoms with van der Waals surface area (Å²) in [5.74, 6) is 0.161. The molecule has 0 fully saturated rings. The largest absolute Gasteiger partial charge is 0.417 e. The molecule has 19 heavy (non-hydrogen) atoms. The Labute approximate surface area is 108 Å². The van der Waals surface area contributed by atoms with E-state index in [9.17, 15) is 13.2 Å². The van der Waals surface area contributed by atoms with Crippen molar-refractivity contribution in [1.29, 1.82) is 0 Å². The minimum absolute atomic E-state index is 0.0143. The van der Waals surface area contributed by atoms with E-state index in [0.29, 0.717) is 18.7 Å². The standard InChI is InChI=1S/C13H13F3N2O/c1-2-17-7-9-8-18-19-12(9)10-5-3-4-6-11(10)13(14,15)16/h3-6,8,17H,2,7H2,1H3. The van der Waals surface area contributed by atoms with Crippen LogP contribution in [0.25, 0.3) is 11.3 Å². The summed E-state index contributed by atoms with van der Waals surface area (Å²) in [5.41, 5.74) is -0.0940. The van der Waals surface area contributed by atoms with Gasteiger partial charge in [0.05, 0.1) is 11.8 Å². The first-order valence-electron chi connectivity index (χ1n) is 5.85. The van der Waals surface area contributed by atoms with Gasteiger partial charge in [-0.3, -0.25) is 0 Å². The van der Waals surface area contributed by atoms with E-state index in [2.05, 4.69) is 10.5 Å². The Balaban J connectivity index is 2.45. The molecule has 2 rings (SSSR count). The highest BCUT2D eigenvalue weighted by molar-refractivity contribution is 5.65. The second-order valence-electron chi connectivity index (χ2n) is 4.00. The molecule has 2 aromatic rings. The molecule has 1 N–H and O–H groups in total. The molecule has 0 aliphatic carbocycles. The minimum Gasteiger partial charge on any atom is -0.356 e. The molecule has 0 aliphatic heterocycles. The molecule has 6 heteroatoms. The van der Waals surface area contributed by atoms with Crippen LogP contribution in [0, 0.1) is 0 Å². The van der Waals surface area contributed by atoms with Gasteiger partial charge in [0.25, 0.3) is 0 Å². The number of benzene rings is 1. The molecule has 1 aromatic carbocycles. The number of hydrogen-bond acceptors (Lipinski definition) is 3. The Bertz CT molecular complexity index is 549. The summed E-state index contributed by atoms with van der Waals surface area (Å²) >= 11 is 0. The van der Waals surface area contributed by atoms with Gasteiger partial charge in [-0.2, -0.15) is 13.2 Å². The molecule has 0 radical (unpaired) electrons. The summed E-state index contributed by atoms with van der Waals surface area (Å²) in [4.78, 5) is 0. The Morgan fingerprint density at radius 1 is 1.26 bits per heavy atom. The van der Waals surface area contributed by atoms with Crippen molar-refractivity contribution in [1.82, 2.24) is 10.5 Å². The van der Waals surface area contributed by atoms with E-state index in [-0.39, 0.29) is 11.3 Å². The fourth-order valence-electron chi connectivity index (χ4n) is 1.80. The summed E-state index contributed by atoms with van der Waals surface area (Å²) in [6, 6.07) is 5.32. The van der Waals surface area contributed by atoms with Gasteiger partial charge in [-0.05, 0) is 12.6 Å². The van der Waals surface area contributed by atoms with Crippen molar-refractivity contribution in [3.63, 3.8) is 0 Å². The lowest BCUT2D eigenvalue weighted by Gasteiger charge is -2.11. The molecule has 0 saturated carbocycles. The van der Waals surface area contributed by atoms with E-state index in [1.807, 2.05) is 6.92 Å². The fraction of sp³-hybridized carbons (Fsp3) is 0.308. The Hall–Kier alpha value is -1.82. The molecule has 3 nitrogen and oxygen atoms in total. The third-order valence-corrected chi connectivity index (χ3v) is 2.69. The molecule has 0 aliphatic rings. The first-order valence-corrected chi connectivity index (χ1v) is 5.85. The van der Waals surface area contributed by atoms with E-state index in [0.717, 1.165) is 6.07 Å². The lowest BCUT2D eigenvalue weighted by Crippen LogP contribution is -2.12. The number of nitrogens with zero attached hydrogens (tertiary/aromatic N) is 1. The molecule has 1 aromatic heterocycles. The maximum Gasteiger partial charge on any atom is 0.417 e. The molecular formula is C13H13F3N2O. The van der Waals surface area contributed by atoms with Crippen molar-refractivity contribution in [3.05, 3.63) is 41.6 Å². The zero-order valence-corrected chi connectivity index (χ0v) is 10.3. The van der Waals surface area contributed by atoms with E-state index < -0.39 is 11.7 Å². The smallest absolute Gasteiger partial charge is 0.356 e. The first kappa shape index (κ1) is 13.6. The van der Waals surface area contributed by atoms with E-state index in [1.54, 1.807) is 6.07 Å². The van der Waals surface area contributed by atoms with Crippen LogP contribution in [0.5, 0.6) is 0 Å². The van der Waals surface area contributed by atoms with Gasteiger partial charge >= 0.3 is 6.18 Å². The van der Waals surface area contributed by atoms with Crippen molar-refractivity contribution >= 4 is 0 Å². The van der Waals surface area contributed by atoms with E-state index in [4.69, 9.17) is 4.52 Å². The van der Waals surface area contributed by atoms with Crippen molar-refractivity contribution < 1.29 is 17.7 Å². The molecule has 102 valence electrons. The predicted octanol–water partition coefficient (Wildman–Crippen LogP) is 3.47. The second kappa shape index (κ2) is 5.44. The molecule has 0 atom stereocenters. The van der Waals surface area contributed by atoms with Crippen molar-refractivity contribution in [2.24, 2.45) is 0 Å². The summed E-state index contributed by atoms with van der Waals surface area (Å²) in [7, 11) is 0. The normalized spacial score (nSPS) is 11.8. The van der Waals surface area contributed by atoms with Gasteiger partial charge in [0.1, 0.15) is 0 Å². The van der Waals surface area contributed by atoms with Gasteiger partial charge < -0.3 is 9.84 Å². The zero-order chi connectivity index (χ0) is 13.9. The van der Waals surface area contributed by atoms with Crippen LogP contribution in [0.15, 0.2) is 35.0 Å². The molecule has 1 heterocycles. The Morgan fingerprint density at radius 3 is 2.68 bits per heavy atom. The number of alkyl halides is 3. The van der Waals surface area contributed by atoms with Crippen LogP contribution >= 0.6 is 0 Å². The lowest BCUT2D eigenvalue weighted by atomic mass is 10.0. The molecule has 0 amide bonds. The van der Waals surface area contributed by atoms with Crippen molar-refractivity contribution in [2.45, 2.75) is 19.6 Å². The molecule has 0 spiro atoms. The maximum atomic E-state index is 12.9. The highest BCUT2D eigenvalue weighted by atomic mass is 19.4. The van der Waals surface area contributed by atoms with Gasteiger partial charge in [0, 0.05) is 17.7 Å². The van der Waals surface area contributed by atoms with E-state index in [1.165, 1.54) is 18.3 Å². The summed E-state index contributed by atoms with van der Waals surface area (Å²) < 4.78 is 43.8. The average molecular weight is 270 g/mol. The van der Waals surface area contributed by atoms with Crippen molar-refractivity contribution in [3.8, 4) is 11.3 Å². The maximum absolute atomic E-state index is 12.9. The SMILES string of the molecule is CCNCc1cnoc1-c1ccccc1C(F)(F)F. The summed E-state index contributed by atoms with van der Waals surface area (Å²) in [5, 5.41) is 6.63. The first-order chi connectivity index (χ1) is 9.04. The van der Waals surface area contributed by atoms with Gasteiger partial charge in [-0.1, -0.05) is 30.3 Å². The lowest BCUT2D eigenvalue weighted by molar-refractivity contribution is -0.137. The van der Waals surface area contributed by atoms with Crippen LogP contribution in [-0.2, 0) is 12.7 Å². The van der Waals surface area contributed by atoms with Gasteiger partial charge in [-0.15, -0.1) is 0 Å². The van der Waals surface area contributed by atoms with Crippen LogP contribution in [0.2, 0.25) is 0 Å². The molecule has 0 saturated heterocycles. The second-order valence-corrected chi connectivity index (χ2v) is 4.00. The highest BCUT2D eigenvalue weighted by Crippen LogP contribution is 2.37. The minimum atomic E-state index is -4.42. The van der Waals surface area contributed by atoms with Crippen LogP contribution in [0.1, 0.15) is 18.1 Å². The van der Waals surface area contributed by atoms with Crippen molar-refractivity contribution in [2.75, 3.05) is 6.54 Å². The summed E-state index contributed by atoms with van der Waals surface area (Å²) in [6.07, 6.45) is -2.98. The Kier molecular flexibility index (Phi) is 3.90. The number of hydrogen-bond donors (Lipinski definition) is 1. The van der Waals surface area contributed by atoms with Crippen LogP contribution in [-0.4, -0.2) is 11.7 Å². The van der Waals surface area contributed by atoms with Gasteiger partial charge in [0.2, 0.25) is 0 Å². The number of halogens is 3. The monoisotopic (exact) mass is 270 g/mol.